The van der Waals surface area contributed by atoms with Gasteiger partial charge in [-0.15, -0.1) is 0 Å². The standard InChI is InChI=1S/C15H24ClN/c1-4-5-12(2)10-14(11-17-3)13-6-8-15(16)9-7-13/h6-9,12,14,17H,4-5,10-11H2,1-3H3. The third-order valence-corrected chi connectivity index (χ3v) is 3.51. The van der Waals surface area contributed by atoms with Crippen LogP contribution in [0.25, 0.3) is 0 Å². The number of hydrogen-bond donors (Lipinski definition) is 1. The molecule has 0 fully saturated rings. The molecular formula is C15H24ClN. The summed E-state index contributed by atoms with van der Waals surface area (Å²) in [5, 5.41) is 4.11. The smallest absolute Gasteiger partial charge is 0.0406 e. The van der Waals surface area contributed by atoms with Gasteiger partial charge in [-0.3, -0.25) is 0 Å². The van der Waals surface area contributed by atoms with Gasteiger partial charge in [-0.2, -0.15) is 0 Å². The van der Waals surface area contributed by atoms with E-state index < -0.39 is 0 Å². The van der Waals surface area contributed by atoms with Crippen molar-refractivity contribution in [3.05, 3.63) is 34.9 Å². The van der Waals surface area contributed by atoms with Crippen molar-refractivity contribution in [1.29, 1.82) is 0 Å². The van der Waals surface area contributed by atoms with E-state index in [0.29, 0.717) is 5.92 Å². The van der Waals surface area contributed by atoms with E-state index in [9.17, 15) is 0 Å². The zero-order valence-corrected chi connectivity index (χ0v) is 11.9. The summed E-state index contributed by atoms with van der Waals surface area (Å²) >= 11 is 5.93. The van der Waals surface area contributed by atoms with Crippen molar-refractivity contribution < 1.29 is 0 Å². The van der Waals surface area contributed by atoms with Crippen molar-refractivity contribution in [1.82, 2.24) is 5.32 Å². The second-order valence-electron chi connectivity index (χ2n) is 4.94. The lowest BCUT2D eigenvalue weighted by atomic mass is 9.87. The molecule has 1 N–H and O–H groups in total. The fraction of sp³-hybridized carbons (Fsp3) is 0.600. The lowest BCUT2D eigenvalue weighted by Crippen LogP contribution is -2.19. The van der Waals surface area contributed by atoms with E-state index in [1.807, 2.05) is 19.2 Å². The first kappa shape index (κ1) is 14.5. The summed E-state index contributed by atoms with van der Waals surface area (Å²) in [4.78, 5) is 0. The molecule has 1 aromatic rings. The summed E-state index contributed by atoms with van der Waals surface area (Å²) in [6, 6.07) is 8.29. The topological polar surface area (TPSA) is 12.0 Å². The second-order valence-corrected chi connectivity index (χ2v) is 5.37. The predicted octanol–water partition coefficient (Wildman–Crippen LogP) is 4.47. The molecule has 0 saturated carbocycles. The van der Waals surface area contributed by atoms with Crippen molar-refractivity contribution >= 4 is 11.6 Å². The minimum absolute atomic E-state index is 0.596. The number of likely N-dealkylation sites (N-methyl/N-ethyl adjacent to an activating group) is 1. The van der Waals surface area contributed by atoms with Crippen LogP contribution in [0.15, 0.2) is 24.3 Å². The van der Waals surface area contributed by atoms with Crippen LogP contribution < -0.4 is 5.32 Å². The number of hydrogen-bond acceptors (Lipinski definition) is 1. The summed E-state index contributed by atoms with van der Waals surface area (Å²) in [6.45, 7) is 5.64. The third kappa shape index (κ3) is 5.10. The molecule has 96 valence electrons. The molecule has 0 aromatic heterocycles. The molecule has 1 aromatic carbocycles. The maximum Gasteiger partial charge on any atom is 0.0406 e. The van der Waals surface area contributed by atoms with Crippen LogP contribution in [-0.2, 0) is 0 Å². The molecule has 0 aliphatic rings. The molecule has 0 spiro atoms. The molecule has 0 aliphatic heterocycles. The number of rotatable bonds is 7. The molecule has 1 rings (SSSR count). The lowest BCUT2D eigenvalue weighted by Gasteiger charge is -2.21. The zero-order chi connectivity index (χ0) is 12.7. The summed E-state index contributed by atoms with van der Waals surface area (Å²) in [6.07, 6.45) is 3.83. The maximum absolute atomic E-state index is 5.93. The maximum atomic E-state index is 5.93. The normalized spacial score (nSPS) is 14.6. The van der Waals surface area contributed by atoms with E-state index in [-0.39, 0.29) is 0 Å². The first-order chi connectivity index (χ1) is 8.17. The van der Waals surface area contributed by atoms with E-state index in [1.165, 1.54) is 24.8 Å². The van der Waals surface area contributed by atoms with Crippen molar-refractivity contribution in [3.63, 3.8) is 0 Å². The van der Waals surface area contributed by atoms with Gasteiger partial charge in [0.05, 0.1) is 0 Å². The minimum Gasteiger partial charge on any atom is -0.319 e. The number of benzene rings is 1. The molecule has 0 bridgehead atoms. The van der Waals surface area contributed by atoms with Gasteiger partial charge < -0.3 is 5.32 Å². The molecule has 1 nitrogen and oxygen atoms in total. The summed E-state index contributed by atoms with van der Waals surface area (Å²) in [7, 11) is 2.02. The van der Waals surface area contributed by atoms with Gasteiger partial charge in [-0.1, -0.05) is 50.4 Å². The SMILES string of the molecule is CCCC(C)CC(CNC)c1ccc(Cl)cc1. The molecule has 0 heterocycles. The molecule has 0 saturated heterocycles. The highest BCUT2D eigenvalue weighted by Gasteiger charge is 2.14. The monoisotopic (exact) mass is 253 g/mol. The average Bonchev–Trinajstić information content (AvgIpc) is 2.30. The van der Waals surface area contributed by atoms with E-state index >= 15 is 0 Å². The fourth-order valence-electron chi connectivity index (χ4n) is 2.41. The first-order valence-electron chi connectivity index (χ1n) is 6.57. The molecule has 2 unspecified atom stereocenters. The molecule has 17 heavy (non-hydrogen) atoms. The van der Waals surface area contributed by atoms with Crippen molar-refractivity contribution in [2.45, 2.75) is 39.0 Å². The van der Waals surface area contributed by atoms with Gasteiger partial charge in [0.2, 0.25) is 0 Å². The van der Waals surface area contributed by atoms with Crippen molar-refractivity contribution in [2.24, 2.45) is 5.92 Å². The highest BCUT2D eigenvalue weighted by Crippen LogP contribution is 2.26. The van der Waals surface area contributed by atoms with Crippen LogP contribution in [0.2, 0.25) is 5.02 Å². The van der Waals surface area contributed by atoms with E-state index in [0.717, 1.165) is 17.5 Å². The van der Waals surface area contributed by atoms with Gasteiger partial charge in [0, 0.05) is 11.6 Å². The zero-order valence-electron chi connectivity index (χ0n) is 11.2. The summed E-state index contributed by atoms with van der Waals surface area (Å²) < 4.78 is 0. The lowest BCUT2D eigenvalue weighted by molar-refractivity contribution is 0.426. The Labute approximate surface area is 111 Å². The number of nitrogens with one attached hydrogen (secondary N) is 1. The minimum atomic E-state index is 0.596. The second kappa shape index (κ2) is 7.73. The molecule has 0 aliphatic carbocycles. The highest BCUT2D eigenvalue weighted by atomic mass is 35.5. The van der Waals surface area contributed by atoms with Crippen LogP contribution in [0.3, 0.4) is 0 Å². The highest BCUT2D eigenvalue weighted by molar-refractivity contribution is 6.30. The van der Waals surface area contributed by atoms with Crippen molar-refractivity contribution in [3.8, 4) is 0 Å². The summed E-state index contributed by atoms with van der Waals surface area (Å²) in [5.41, 5.74) is 1.40. The Morgan fingerprint density at radius 3 is 2.41 bits per heavy atom. The van der Waals surface area contributed by atoms with Crippen LogP contribution in [0.5, 0.6) is 0 Å². The third-order valence-electron chi connectivity index (χ3n) is 3.26. The van der Waals surface area contributed by atoms with Gasteiger partial charge in [0.25, 0.3) is 0 Å². The largest absolute Gasteiger partial charge is 0.319 e. The molecule has 0 radical (unpaired) electrons. The Morgan fingerprint density at radius 1 is 1.24 bits per heavy atom. The Morgan fingerprint density at radius 2 is 1.88 bits per heavy atom. The van der Waals surface area contributed by atoms with E-state index in [2.05, 4.69) is 31.3 Å². The molecular weight excluding hydrogens is 230 g/mol. The molecule has 2 heteroatoms. The number of halogens is 1. The fourth-order valence-corrected chi connectivity index (χ4v) is 2.54. The quantitative estimate of drug-likeness (QED) is 0.756. The van der Waals surface area contributed by atoms with E-state index in [4.69, 9.17) is 11.6 Å². The van der Waals surface area contributed by atoms with Crippen molar-refractivity contribution in [2.75, 3.05) is 13.6 Å². The van der Waals surface area contributed by atoms with Gasteiger partial charge in [0.15, 0.2) is 0 Å². The van der Waals surface area contributed by atoms with Crippen LogP contribution in [0, 0.1) is 5.92 Å². The Bertz CT molecular complexity index is 307. The van der Waals surface area contributed by atoms with Crippen LogP contribution >= 0.6 is 11.6 Å². The van der Waals surface area contributed by atoms with Gasteiger partial charge in [-0.05, 0) is 43.0 Å². The predicted molar refractivity (Wildman–Crippen MR) is 76.8 cm³/mol. The molecule has 0 amide bonds. The van der Waals surface area contributed by atoms with Gasteiger partial charge in [-0.25, -0.2) is 0 Å². The van der Waals surface area contributed by atoms with Gasteiger partial charge in [0.1, 0.15) is 0 Å². The summed E-state index contributed by atoms with van der Waals surface area (Å²) in [5.74, 6) is 1.38. The Hall–Kier alpha value is -0.530. The van der Waals surface area contributed by atoms with Gasteiger partial charge >= 0.3 is 0 Å². The average molecular weight is 254 g/mol. The van der Waals surface area contributed by atoms with Crippen LogP contribution in [-0.4, -0.2) is 13.6 Å². The Kier molecular flexibility index (Phi) is 6.61. The Balaban J connectivity index is 2.67. The van der Waals surface area contributed by atoms with E-state index in [1.54, 1.807) is 0 Å². The van der Waals surface area contributed by atoms with Crippen LogP contribution in [0.4, 0.5) is 0 Å². The molecule has 2 atom stereocenters. The first-order valence-corrected chi connectivity index (χ1v) is 6.95. The van der Waals surface area contributed by atoms with Crippen LogP contribution in [0.1, 0.15) is 44.6 Å².